The van der Waals surface area contributed by atoms with Gasteiger partial charge in [-0.1, -0.05) is 6.92 Å². The van der Waals surface area contributed by atoms with E-state index in [0.717, 1.165) is 6.42 Å². The van der Waals surface area contributed by atoms with Gasteiger partial charge < -0.3 is 14.7 Å². The van der Waals surface area contributed by atoms with Gasteiger partial charge in [-0.05, 0) is 19.3 Å². The normalized spacial score (nSPS) is 30.2. The Morgan fingerprint density at radius 1 is 1.47 bits per heavy atom. The predicted octanol–water partition coefficient (Wildman–Crippen LogP) is 0.343. The number of hydrogen-bond donors (Lipinski definition) is 1. The van der Waals surface area contributed by atoms with E-state index in [2.05, 4.69) is 0 Å². The number of carboxylic acids is 1. The van der Waals surface area contributed by atoms with Crippen molar-refractivity contribution in [3.8, 4) is 0 Å². The molecule has 0 radical (unpaired) electrons. The third kappa shape index (κ3) is 2.92. The second kappa shape index (κ2) is 4.61. The van der Waals surface area contributed by atoms with E-state index in [1.54, 1.807) is 0 Å². The van der Waals surface area contributed by atoms with Gasteiger partial charge in [0.2, 0.25) is 0 Å². The van der Waals surface area contributed by atoms with E-state index in [9.17, 15) is 9.59 Å². The van der Waals surface area contributed by atoms with Crippen LogP contribution in [-0.2, 0) is 14.3 Å². The zero-order valence-electron chi connectivity index (χ0n) is 9.27. The molecule has 1 fully saturated rings. The minimum Gasteiger partial charge on any atom is -0.480 e. The van der Waals surface area contributed by atoms with Crippen LogP contribution in [0, 0.1) is 5.92 Å². The van der Waals surface area contributed by atoms with Gasteiger partial charge in [0.25, 0.3) is 5.91 Å². The molecule has 1 aliphatic rings. The highest BCUT2D eigenvalue weighted by atomic mass is 16.5. The lowest BCUT2D eigenvalue weighted by Gasteiger charge is -2.21. The number of aliphatic carboxylic acids is 1. The number of carbonyl (C=O) groups excluding carboxylic acids is 1. The number of ether oxygens (including phenoxy) is 1. The standard InChI is InChI=1S/C10H17NO4/c1-6-4-7(2)15-9(6)10(14)11(3)5-8(12)13/h6-7,9H,4-5H2,1-3H3,(H,12,13). The molecule has 1 saturated heterocycles. The van der Waals surface area contributed by atoms with Gasteiger partial charge in [-0.15, -0.1) is 0 Å². The van der Waals surface area contributed by atoms with Crippen molar-refractivity contribution in [2.75, 3.05) is 13.6 Å². The Labute approximate surface area is 89.0 Å². The molecule has 5 heteroatoms. The van der Waals surface area contributed by atoms with Crippen molar-refractivity contribution in [3.63, 3.8) is 0 Å². The topological polar surface area (TPSA) is 66.8 Å². The van der Waals surface area contributed by atoms with Gasteiger partial charge in [-0.2, -0.15) is 0 Å². The Kier molecular flexibility index (Phi) is 3.68. The molecule has 0 saturated carbocycles. The molecule has 0 aliphatic carbocycles. The highest BCUT2D eigenvalue weighted by Crippen LogP contribution is 2.26. The minimum atomic E-state index is -1.01. The van der Waals surface area contributed by atoms with E-state index in [1.165, 1.54) is 11.9 Å². The first-order valence-electron chi connectivity index (χ1n) is 5.04. The average molecular weight is 215 g/mol. The van der Waals surface area contributed by atoms with Crippen molar-refractivity contribution in [2.45, 2.75) is 32.5 Å². The summed E-state index contributed by atoms with van der Waals surface area (Å²) >= 11 is 0. The molecule has 5 nitrogen and oxygen atoms in total. The molecule has 86 valence electrons. The average Bonchev–Trinajstić information content (AvgIpc) is 2.42. The summed E-state index contributed by atoms with van der Waals surface area (Å²) in [5.41, 5.74) is 0. The molecule has 1 amide bonds. The van der Waals surface area contributed by atoms with Gasteiger partial charge in [-0.3, -0.25) is 9.59 Å². The van der Waals surface area contributed by atoms with E-state index in [1.807, 2.05) is 13.8 Å². The first-order valence-corrected chi connectivity index (χ1v) is 5.04. The van der Waals surface area contributed by atoms with Crippen molar-refractivity contribution >= 4 is 11.9 Å². The van der Waals surface area contributed by atoms with E-state index in [-0.39, 0.29) is 24.5 Å². The highest BCUT2D eigenvalue weighted by molar-refractivity contribution is 5.84. The van der Waals surface area contributed by atoms with Gasteiger partial charge in [0, 0.05) is 7.05 Å². The predicted molar refractivity (Wildman–Crippen MR) is 53.4 cm³/mol. The van der Waals surface area contributed by atoms with Crippen molar-refractivity contribution in [2.24, 2.45) is 5.92 Å². The van der Waals surface area contributed by atoms with Crippen molar-refractivity contribution in [1.29, 1.82) is 0 Å². The lowest BCUT2D eigenvalue weighted by atomic mass is 10.0. The monoisotopic (exact) mass is 215 g/mol. The summed E-state index contributed by atoms with van der Waals surface area (Å²) in [6.07, 6.45) is 0.439. The second-order valence-corrected chi connectivity index (χ2v) is 4.17. The van der Waals surface area contributed by atoms with Gasteiger partial charge in [-0.25, -0.2) is 0 Å². The molecule has 0 bridgehead atoms. The van der Waals surface area contributed by atoms with Crippen molar-refractivity contribution in [1.82, 2.24) is 4.90 Å². The van der Waals surface area contributed by atoms with Crippen LogP contribution in [0.25, 0.3) is 0 Å². The summed E-state index contributed by atoms with van der Waals surface area (Å²) in [5.74, 6) is -1.09. The van der Waals surface area contributed by atoms with Crippen molar-refractivity contribution in [3.05, 3.63) is 0 Å². The maximum absolute atomic E-state index is 11.8. The molecule has 1 N–H and O–H groups in total. The van der Waals surface area contributed by atoms with Gasteiger partial charge in [0.1, 0.15) is 12.6 Å². The first kappa shape index (κ1) is 12.0. The van der Waals surface area contributed by atoms with E-state index in [0.29, 0.717) is 0 Å². The fraction of sp³-hybridized carbons (Fsp3) is 0.800. The van der Waals surface area contributed by atoms with Crippen LogP contribution in [0.4, 0.5) is 0 Å². The number of hydrogen-bond acceptors (Lipinski definition) is 3. The van der Waals surface area contributed by atoms with Crippen LogP contribution in [0.15, 0.2) is 0 Å². The van der Waals surface area contributed by atoms with Crippen molar-refractivity contribution < 1.29 is 19.4 Å². The zero-order chi connectivity index (χ0) is 11.6. The molecule has 0 aromatic carbocycles. The van der Waals surface area contributed by atoms with Crippen LogP contribution >= 0.6 is 0 Å². The summed E-state index contributed by atoms with van der Waals surface area (Å²) in [4.78, 5) is 23.4. The van der Waals surface area contributed by atoms with Crippen LogP contribution in [0.1, 0.15) is 20.3 Å². The number of likely N-dealkylation sites (N-methyl/N-ethyl adjacent to an activating group) is 1. The molecule has 15 heavy (non-hydrogen) atoms. The highest BCUT2D eigenvalue weighted by Gasteiger charge is 2.36. The third-order valence-corrected chi connectivity index (χ3v) is 2.59. The number of carbonyl (C=O) groups is 2. The largest absolute Gasteiger partial charge is 0.480 e. The Balaban J connectivity index is 2.56. The molecule has 0 aromatic heterocycles. The lowest BCUT2D eigenvalue weighted by molar-refractivity contribution is -0.149. The molecule has 1 rings (SSSR count). The summed E-state index contributed by atoms with van der Waals surface area (Å²) in [7, 11) is 1.48. The molecule has 1 heterocycles. The number of nitrogens with zero attached hydrogens (tertiary/aromatic N) is 1. The molecule has 0 spiro atoms. The Bertz CT molecular complexity index is 266. The van der Waals surface area contributed by atoms with Gasteiger partial charge >= 0.3 is 5.97 Å². The molecule has 3 atom stereocenters. The first-order chi connectivity index (χ1) is 6.91. The van der Waals surface area contributed by atoms with E-state index >= 15 is 0 Å². The Morgan fingerprint density at radius 2 is 2.07 bits per heavy atom. The van der Waals surface area contributed by atoms with E-state index < -0.39 is 12.1 Å². The summed E-state index contributed by atoms with van der Waals surface area (Å²) in [5, 5.41) is 8.56. The fourth-order valence-corrected chi connectivity index (χ4v) is 1.89. The SMILES string of the molecule is CC1CC(C)C(C(=O)N(C)CC(=O)O)O1. The van der Waals surface area contributed by atoms with Crippen LogP contribution in [0.3, 0.4) is 0 Å². The van der Waals surface area contributed by atoms with E-state index in [4.69, 9.17) is 9.84 Å². The quantitative estimate of drug-likeness (QED) is 0.737. The fourth-order valence-electron chi connectivity index (χ4n) is 1.89. The van der Waals surface area contributed by atoms with Crippen LogP contribution in [0.2, 0.25) is 0 Å². The Morgan fingerprint density at radius 3 is 2.47 bits per heavy atom. The second-order valence-electron chi connectivity index (χ2n) is 4.17. The summed E-state index contributed by atoms with van der Waals surface area (Å²) < 4.78 is 5.45. The third-order valence-electron chi connectivity index (χ3n) is 2.59. The summed E-state index contributed by atoms with van der Waals surface area (Å²) in [6.45, 7) is 3.58. The molecule has 3 unspecified atom stereocenters. The van der Waals surface area contributed by atoms with Crippen LogP contribution in [0.5, 0.6) is 0 Å². The van der Waals surface area contributed by atoms with Crippen LogP contribution in [-0.4, -0.2) is 47.7 Å². The molecule has 1 aliphatic heterocycles. The Hall–Kier alpha value is -1.10. The molecule has 0 aromatic rings. The summed E-state index contributed by atoms with van der Waals surface area (Å²) in [6, 6.07) is 0. The maximum atomic E-state index is 11.8. The number of rotatable bonds is 3. The smallest absolute Gasteiger partial charge is 0.323 e. The molecular weight excluding hydrogens is 198 g/mol. The zero-order valence-corrected chi connectivity index (χ0v) is 9.27. The lowest BCUT2D eigenvalue weighted by Crippen LogP contribution is -2.41. The molecular formula is C10H17NO4. The van der Waals surface area contributed by atoms with Crippen LogP contribution < -0.4 is 0 Å². The van der Waals surface area contributed by atoms with Gasteiger partial charge in [0.05, 0.1) is 6.10 Å². The number of carboxylic acid groups (broad SMARTS) is 1. The number of amides is 1. The minimum absolute atomic E-state index is 0.0761. The maximum Gasteiger partial charge on any atom is 0.323 e. The van der Waals surface area contributed by atoms with Gasteiger partial charge in [0.15, 0.2) is 0 Å².